The summed E-state index contributed by atoms with van der Waals surface area (Å²) in [6.07, 6.45) is -4.48. The number of methoxy groups -OCH3 is 1. The smallest absolute Gasteiger partial charge is 0.416 e. The van der Waals surface area contributed by atoms with Crippen LogP contribution in [-0.2, 0) is 15.7 Å². The van der Waals surface area contributed by atoms with E-state index in [-0.39, 0.29) is 37.1 Å². The van der Waals surface area contributed by atoms with E-state index in [0.717, 1.165) is 12.1 Å². The number of carbonyl (C=O) groups is 3. The third-order valence-corrected chi connectivity index (χ3v) is 6.34. The van der Waals surface area contributed by atoms with Crippen molar-refractivity contribution >= 4 is 23.5 Å². The van der Waals surface area contributed by atoms with Gasteiger partial charge in [-0.1, -0.05) is 0 Å². The molecule has 2 aliphatic heterocycles. The van der Waals surface area contributed by atoms with Crippen LogP contribution < -0.4 is 10.1 Å². The third kappa shape index (κ3) is 6.13. The van der Waals surface area contributed by atoms with Crippen LogP contribution >= 0.6 is 0 Å². The Morgan fingerprint density at radius 3 is 2.16 bits per heavy atom. The zero-order chi connectivity index (χ0) is 26.6. The van der Waals surface area contributed by atoms with Crippen LogP contribution in [0.25, 0.3) is 0 Å². The van der Waals surface area contributed by atoms with Gasteiger partial charge in [0.1, 0.15) is 11.8 Å². The summed E-state index contributed by atoms with van der Waals surface area (Å²) in [5, 5.41) is 2.58. The number of halogens is 3. The molecule has 2 heterocycles. The molecule has 2 aromatic rings. The highest BCUT2D eigenvalue weighted by molar-refractivity contribution is 5.98. The molecule has 4 rings (SSSR count). The van der Waals surface area contributed by atoms with Gasteiger partial charge in [0.2, 0.25) is 5.91 Å². The van der Waals surface area contributed by atoms with Gasteiger partial charge < -0.3 is 29.5 Å². The zero-order valence-corrected chi connectivity index (χ0v) is 20.2. The molecule has 0 bridgehead atoms. The first-order chi connectivity index (χ1) is 17.7. The number of hydrogen-bond donors (Lipinski definition) is 1. The largest absolute Gasteiger partial charge is 0.497 e. The molecule has 4 amide bonds. The Kier molecular flexibility index (Phi) is 7.86. The number of morpholine rings is 1. The van der Waals surface area contributed by atoms with Gasteiger partial charge in [-0.25, -0.2) is 4.79 Å². The summed E-state index contributed by atoms with van der Waals surface area (Å²) in [5.41, 5.74) is -0.263. The molecule has 9 nitrogen and oxygen atoms in total. The van der Waals surface area contributed by atoms with Gasteiger partial charge in [-0.2, -0.15) is 13.2 Å². The molecule has 1 atom stereocenters. The normalized spacial score (nSPS) is 18.4. The Morgan fingerprint density at radius 2 is 1.57 bits per heavy atom. The molecule has 0 saturated carbocycles. The van der Waals surface area contributed by atoms with Crippen LogP contribution in [0.1, 0.15) is 15.9 Å². The summed E-state index contributed by atoms with van der Waals surface area (Å²) in [7, 11) is 1.52. The van der Waals surface area contributed by atoms with Crippen LogP contribution in [-0.4, -0.2) is 91.6 Å². The number of urea groups is 1. The molecular weight excluding hydrogens is 493 g/mol. The lowest BCUT2D eigenvalue weighted by Gasteiger charge is -2.42. The highest BCUT2D eigenvalue weighted by atomic mass is 19.4. The SMILES string of the molecule is COc1ccc(C(=O)N2CCN(C(=O)Nc3ccc(C(F)(F)F)cc3)CC2C(=O)N2CCOCC2)cc1. The lowest BCUT2D eigenvalue weighted by atomic mass is 10.1. The maximum Gasteiger partial charge on any atom is 0.416 e. The van der Waals surface area contributed by atoms with Crippen LogP contribution in [0.2, 0.25) is 0 Å². The minimum Gasteiger partial charge on any atom is -0.497 e. The summed E-state index contributed by atoms with van der Waals surface area (Å²) in [4.78, 5) is 44.2. The van der Waals surface area contributed by atoms with E-state index in [1.165, 1.54) is 29.0 Å². The van der Waals surface area contributed by atoms with Gasteiger partial charge in [0.25, 0.3) is 5.91 Å². The molecule has 0 radical (unpaired) electrons. The molecular formula is C25H27F3N4O5. The zero-order valence-electron chi connectivity index (χ0n) is 20.2. The number of anilines is 1. The van der Waals surface area contributed by atoms with Gasteiger partial charge in [-0.15, -0.1) is 0 Å². The topological polar surface area (TPSA) is 91.4 Å². The van der Waals surface area contributed by atoms with Crippen molar-refractivity contribution in [1.82, 2.24) is 14.7 Å². The molecule has 198 valence electrons. The highest BCUT2D eigenvalue weighted by Crippen LogP contribution is 2.30. The van der Waals surface area contributed by atoms with Gasteiger partial charge in [-0.05, 0) is 48.5 Å². The van der Waals surface area contributed by atoms with Crippen LogP contribution in [0.4, 0.5) is 23.7 Å². The van der Waals surface area contributed by atoms with Gasteiger partial charge in [0.05, 0.1) is 32.4 Å². The summed E-state index contributed by atoms with van der Waals surface area (Å²) in [6, 6.07) is 9.12. The maximum absolute atomic E-state index is 13.4. The molecule has 0 spiro atoms. The monoisotopic (exact) mass is 520 g/mol. The summed E-state index contributed by atoms with van der Waals surface area (Å²) >= 11 is 0. The van der Waals surface area contributed by atoms with Gasteiger partial charge in [0, 0.05) is 37.4 Å². The van der Waals surface area contributed by atoms with Gasteiger partial charge in [0.15, 0.2) is 0 Å². The molecule has 0 aromatic heterocycles. The molecule has 0 aliphatic carbocycles. The number of alkyl halides is 3. The average Bonchev–Trinajstić information content (AvgIpc) is 2.92. The van der Waals surface area contributed by atoms with E-state index in [1.54, 1.807) is 29.2 Å². The molecule has 2 fully saturated rings. The number of amides is 4. The second kappa shape index (κ2) is 11.1. The number of nitrogens with one attached hydrogen (secondary N) is 1. The van der Waals surface area contributed by atoms with Crippen molar-refractivity contribution in [3.05, 3.63) is 59.7 Å². The minimum atomic E-state index is -4.48. The molecule has 2 aromatic carbocycles. The number of hydrogen-bond acceptors (Lipinski definition) is 5. The van der Waals surface area contributed by atoms with Crippen LogP contribution in [0.15, 0.2) is 48.5 Å². The van der Waals surface area contributed by atoms with E-state index >= 15 is 0 Å². The van der Waals surface area contributed by atoms with Crippen LogP contribution in [0.5, 0.6) is 5.75 Å². The Balaban J connectivity index is 1.50. The number of carbonyl (C=O) groups excluding carboxylic acids is 3. The van der Waals surface area contributed by atoms with E-state index in [2.05, 4.69) is 5.32 Å². The van der Waals surface area contributed by atoms with Crippen molar-refractivity contribution in [1.29, 1.82) is 0 Å². The van der Waals surface area contributed by atoms with Crippen LogP contribution in [0, 0.1) is 0 Å². The number of benzene rings is 2. The van der Waals surface area contributed by atoms with E-state index in [4.69, 9.17) is 9.47 Å². The predicted molar refractivity (Wildman–Crippen MR) is 127 cm³/mol. The molecule has 2 aliphatic rings. The first kappa shape index (κ1) is 26.3. The average molecular weight is 521 g/mol. The quantitative estimate of drug-likeness (QED) is 0.670. The highest BCUT2D eigenvalue weighted by Gasteiger charge is 2.39. The van der Waals surface area contributed by atoms with Gasteiger partial charge in [-0.3, -0.25) is 9.59 Å². The second-order valence-corrected chi connectivity index (χ2v) is 8.63. The molecule has 1 N–H and O–H groups in total. The fourth-order valence-electron chi connectivity index (χ4n) is 4.26. The number of nitrogens with zero attached hydrogens (tertiary/aromatic N) is 3. The second-order valence-electron chi connectivity index (χ2n) is 8.63. The molecule has 12 heteroatoms. The van der Waals surface area contributed by atoms with Crippen molar-refractivity contribution in [3.63, 3.8) is 0 Å². The van der Waals surface area contributed by atoms with Crippen molar-refractivity contribution < 1.29 is 37.0 Å². The maximum atomic E-state index is 13.4. The number of piperazine rings is 1. The number of rotatable bonds is 4. The fourth-order valence-corrected chi connectivity index (χ4v) is 4.26. The summed E-state index contributed by atoms with van der Waals surface area (Å²) in [6.45, 7) is 1.68. The first-order valence-electron chi connectivity index (χ1n) is 11.7. The summed E-state index contributed by atoms with van der Waals surface area (Å²) < 4.78 is 49.0. The van der Waals surface area contributed by atoms with E-state index < -0.39 is 23.8 Å². The van der Waals surface area contributed by atoms with E-state index in [1.807, 2.05) is 0 Å². The molecule has 37 heavy (non-hydrogen) atoms. The van der Waals surface area contributed by atoms with Crippen LogP contribution in [0.3, 0.4) is 0 Å². The third-order valence-electron chi connectivity index (χ3n) is 6.34. The van der Waals surface area contributed by atoms with Gasteiger partial charge >= 0.3 is 12.2 Å². The van der Waals surface area contributed by atoms with Crippen molar-refractivity contribution in [2.24, 2.45) is 0 Å². The summed E-state index contributed by atoms with van der Waals surface area (Å²) in [5.74, 6) is -0.0588. The first-order valence-corrected chi connectivity index (χ1v) is 11.7. The van der Waals surface area contributed by atoms with Crippen molar-refractivity contribution in [3.8, 4) is 5.75 Å². The number of ether oxygens (including phenoxy) is 2. The Labute approximate surface area is 211 Å². The lowest BCUT2D eigenvalue weighted by molar-refractivity contribution is -0.141. The molecule has 1 unspecified atom stereocenters. The minimum absolute atomic E-state index is 0.0649. The van der Waals surface area contributed by atoms with Crippen molar-refractivity contribution in [2.75, 3.05) is 58.4 Å². The fraction of sp³-hybridized carbons (Fsp3) is 0.400. The van der Waals surface area contributed by atoms with E-state index in [0.29, 0.717) is 37.6 Å². The molecule has 2 saturated heterocycles. The Hall–Kier alpha value is -3.80. The standard InChI is InChI=1S/C25H27F3N4O5/c1-36-20-8-2-17(3-9-20)22(33)32-11-10-31(16-21(32)23(34)30-12-14-37-15-13-30)24(35)29-19-6-4-18(5-7-19)25(26,27)28/h2-9,21H,10-16H2,1H3,(H,29,35). The Bertz CT molecular complexity index is 1120. The lowest BCUT2D eigenvalue weighted by Crippen LogP contribution is -2.63. The van der Waals surface area contributed by atoms with E-state index in [9.17, 15) is 27.6 Å². The van der Waals surface area contributed by atoms with Crippen molar-refractivity contribution in [2.45, 2.75) is 12.2 Å². The predicted octanol–water partition coefficient (Wildman–Crippen LogP) is 2.93. The Morgan fingerprint density at radius 1 is 0.919 bits per heavy atom.